The van der Waals surface area contributed by atoms with Crippen molar-refractivity contribution in [2.24, 2.45) is 0 Å². The molecule has 2 atom stereocenters. The number of benzene rings is 3. The van der Waals surface area contributed by atoms with Gasteiger partial charge in [-0.15, -0.1) is 0 Å². The zero-order valence-electron chi connectivity index (χ0n) is 15.7. The summed E-state index contributed by atoms with van der Waals surface area (Å²) in [5, 5.41) is 21.0. The van der Waals surface area contributed by atoms with Gasteiger partial charge in [-0.1, -0.05) is 84.4 Å². The SMILES string of the molecule is OCC[C@@H](c1ccc(Cl)cc1)[C@@](CO)(OCc1ccccc1)c1ccccc1. The van der Waals surface area contributed by atoms with Gasteiger partial charge >= 0.3 is 0 Å². The van der Waals surface area contributed by atoms with Crippen LogP contribution in [0.25, 0.3) is 0 Å². The highest BCUT2D eigenvalue weighted by molar-refractivity contribution is 6.30. The Morgan fingerprint density at radius 2 is 1.43 bits per heavy atom. The third-order valence-electron chi connectivity index (χ3n) is 5.09. The summed E-state index contributed by atoms with van der Waals surface area (Å²) in [6.45, 7) is 0.125. The van der Waals surface area contributed by atoms with Crippen LogP contribution in [-0.4, -0.2) is 23.4 Å². The zero-order valence-corrected chi connectivity index (χ0v) is 16.4. The number of ether oxygens (including phenoxy) is 1. The summed E-state index contributed by atoms with van der Waals surface area (Å²) in [7, 11) is 0. The second-order valence-corrected chi connectivity index (χ2v) is 7.24. The van der Waals surface area contributed by atoms with Gasteiger partial charge in [0.25, 0.3) is 0 Å². The van der Waals surface area contributed by atoms with Crippen molar-refractivity contribution in [3.8, 4) is 0 Å². The van der Waals surface area contributed by atoms with Gasteiger partial charge in [0, 0.05) is 17.5 Å². The van der Waals surface area contributed by atoms with E-state index in [1.54, 1.807) is 0 Å². The van der Waals surface area contributed by atoms with Gasteiger partial charge in [0.2, 0.25) is 0 Å². The molecule has 0 aromatic heterocycles. The van der Waals surface area contributed by atoms with Gasteiger partial charge in [-0.05, 0) is 35.2 Å². The van der Waals surface area contributed by atoms with Crippen molar-refractivity contribution in [1.82, 2.24) is 0 Å². The predicted octanol–water partition coefficient (Wildman–Crippen LogP) is 4.91. The molecule has 0 fully saturated rings. The molecule has 0 heterocycles. The summed E-state index contributed by atoms with van der Waals surface area (Å²) < 4.78 is 6.46. The lowest BCUT2D eigenvalue weighted by Gasteiger charge is -2.40. The van der Waals surface area contributed by atoms with Crippen molar-refractivity contribution in [2.75, 3.05) is 13.2 Å². The van der Waals surface area contributed by atoms with E-state index < -0.39 is 5.60 Å². The number of aliphatic hydroxyl groups is 2. The molecule has 0 aliphatic rings. The maximum Gasteiger partial charge on any atom is 0.123 e. The molecule has 3 nitrogen and oxygen atoms in total. The van der Waals surface area contributed by atoms with Crippen LogP contribution in [0.3, 0.4) is 0 Å². The van der Waals surface area contributed by atoms with Gasteiger partial charge in [-0.25, -0.2) is 0 Å². The fourth-order valence-electron chi connectivity index (χ4n) is 3.63. The molecule has 0 unspecified atom stereocenters. The summed E-state index contributed by atoms with van der Waals surface area (Å²) >= 11 is 6.07. The first-order valence-corrected chi connectivity index (χ1v) is 9.78. The minimum absolute atomic E-state index is 0.0173. The molecule has 2 N–H and O–H groups in total. The van der Waals surface area contributed by atoms with Gasteiger partial charge in [0.1, 0.15) is 5.60 Å². The maximum atomic E-state index is 10.6. The van der Waals surface area contributed by atoms with Crippen molar-refractivity contribution in [3.05, 3.63) is 107 Å². The summed E-state index contributed by atoms with van der Waals surface area (Å²) in [6.07, 6.45) is 0.450. The largest absolute Gasteiger partial charge is 0.396 e. The van der Waals surface area contributed by atoms with Crippen molar-refractivity contribution in [2.45, 2.75) is 24.5 Å². The molecule has 146 valence electrons. The van der Waals surface area contributed by atoms with Crippen LogP contribution in [-0.2, 0) is 16.9 Å². The van der Waals surface area contributed by atoms with E-state index in [0.717, 1.165) is 16.7 Å². The van der Waals surface area contributed by atoms with Crippen molar-refractivity contribution < 1.29 is 14.9 Å². The predicted molar refractivity (Wildman–Crippen MR) is 112 cm³/mol. The topological polar surface area (TPSA) is 49.7 Å². The number of rotatable bonds is 9. The van der Waals surface area contributed by atoms with Crippen molar-refractivity contribution in [1.29, 1.82) is 0 Å². The Morgan fingerprint density at radius 1 is 0.821 bits per heavy atom. The standard InChI is InChI=1S/C24H25ClO3/c25-22-13-11-20(12-14-22)23(15-16-26)24(18-27,21-9-5-2-6-10-21)28-17-19-7-3-1-4-8-19/h1-14,23,26-27H,15-18H2/t23-,24-/m0/s1. The van der Waals surface area contributed by atoms with E-state index in [4.69, 9.17) is 16.3 Å². The normalized spacial score (nSPS) is 14.4. The fourth-order valence-corrected chi connectivity index (χ4v) is 3.76. The number of halogens is 1. The van der Waals surface area contributed by atoms with Gasteiger partial charge in [0.15, 0.2) is 0 Å². The molecule has 0 aliphatic heterocycles. The van der Waals surface area contributed by atoms with E-state index in [1.807, 2.05) is 84.9 Å². The van der Waals surface area contributed by atoms with E-state index in [9.17, 15) is 10.2 Å². The molecule has 0 bridgehead atoms. The van der Waals surface area contributed by atoms with Gasteiger partial charge in [-0.2, -0.15) is 0 Å². The molecule has 3 aromatic carbocycles. The van der Waals surface area contributed by atoms with Crippen LogP contribution in [0.2, 0.25) is 5.02 Å². The van der Waals surface area contributed by atoms with Crippen LogP contribution in [0.5, 0.6) is 0 Å². The van der Waals surface area contributed by atoms with Crippen LogP contribution < -0.4 is 0 Å². The summed E-state index contributed by atoms with van der Waals surface area (Å²) in [5.74, 6) is -0.245. The highest BCUT2D eigenvalue weighted by atomic mass is 35.5. The van der Waals surface area contributed by atoms with E-state index in [2.05, 4.69) is 0 Å². The highest BCUT2D eigenvalue weighted by Crippen LogP contribution is 2.43. The fraction of sp³-hybridized carbons (Fsp3) is 0.250. The molecule has 0 amide bonds. The second-order valence-electron chi connectivity index (χ2n) is 6.80. The Balaban J connectivity index is 2.05. The monoisotopic (exact) mass is 396 g/mol. The van der Waals surface area contributed by atoms with Crippen molar-refractivity contribution in [3.63, 3.8) is 0 Å². The molecular formula is C24H25ClO3. The zero-order chi connectivity index (χ0) is 19.8. The van der Waals surface area contributed by atoms with E-state index in [-0.39, 0.29) is 19.1 Å². The van der Waals surface area contributed by atoms with Crippen LogP contribution in [0.4, 0.5) is 0 Å². The molecule has 3 aromatic rings. The molecule has 0 spiro atoms. The number of hydrogen-bond acceptors (Lipinski definition) is 3. The minimum Gasteiger partial charge on any atom is -0.396 e. The third kappa shape index (κ3) is 4.62. The first kappa shape index (κ1) is 20.6. The van der Waals surface area contributed by atoms with Gasteiger partial charge < -0.3 is 14.9 Å². The lowest BCUT2D eigenvalue weighted by atomic mass is 9.75. The Kier molecular flexibility index (Phi) is 7.24. The molecular weight excluding hydrogens is 372 g/mol. The maximum absolute atomic E-state index is 10.6. The van der Waals surface area contributed by atoms with Crippen LogP contribution in [0, 0.1) is 0 Å². The van der Waals surface area contributed by atoms with E-state index in [0.29, 0.717) is 18.1 Å². The molecule has 0 saturated carbocycles. The first-order valence-electron chi connectivity index (χ1n) is 9.40. The summed E-state index contributed by atoms with van der Waals surface area (Å²) in [5.41, 5.74) is 1.87. The van der Waals surface area contributed by atoms with Crippen LogP contribution >= 0.6 is 11.6 Å². The lowest BCUT2D eigenvalue weighted by Crippen LogP contribution is -2.41. The van der Waals surface area contributed by atoms with Crippen LogP contribution in [0.1, 0.15) is 29.0 Å². The van der Waals surface area contributed by atoms with E-state index >= 15 is 0 Å². The highest BCUT2D eigenvalue weighted by Gasteiger charge is 2.42. The molecule has 4 heteroatoms. The molecule has 28 heavy (non-hydrogen) atoms. The summed E-state index contributed by atoms with van der Waals surface area (Å²) in [4.78, 5) is 0. The Morgan fingerprint density at radius 3 is 2.00 bits per heavy atom. The average Bonchev–Trinajstić information content (AvgIpc) is 2.76. The lowest BCUT2D eigenvalue weighted by molar-refractivity contribution is -0.116. The van der Waals surface area contributed by atoms with E-state index in [1.165, 1.54) is 0 Å². The van der Waals surface area contributed by atoms with Gasteiger partial charge in [0.05, 0.1) is 13.2 Å². The molecule has 0 aliphatic carbocycles. The molecule has 3 rings (SSSR count). The Bertz CT molecular complexity index is 837. The average molecular weight is 397 g/mol. The second kappa shape index (κ2) is 9.85. The number of aliphatic hydroxyl groups excluding tert-OH is 2. The van der Waals surface area contributed by atoms with Crippen molar-refractivity contribution >= 4 is 11.6 Å². The number of hydrogen-bond donors (Lipinski definition) is 2. The Labute approximate surface area is 171 Å². The molecule has 0 radical (unpaired) electrons. The van der Waals surface area contributed by atoms with Crippen LogP contribution in [0.15, 0.2) is 84.9 Å². The Hall–Kier alpha value is -2.17. The van der Waals surface area contributed by atoms with Gasteiger partial charge in [-0.3, -0.25) is 0 Å². The summed E-state index contributed by atoms with van der Waals surface area (Å²) in [6, 6.07) is 27.1. The third-order valence-corrected chi connectivity index (χ3v) is 5.34. The quantitative estimate of drug-likeness (QED) is 0.540. The molecule has 0 saturated heterocycles. The first-order chi connectivity index (χ1) is 13.7. The minimum atomic E-state index is -0.992. The smallest absolute Gasteiger partial charge is 0.123 e.